The van der Waals surface area contributed by atoms with Crippen LogP contribution in [0.1, 0.15) is 0 Å². The summed E-state index contributed by atoms with van der Waals surface area (Å²) < 4.78 is 70.1. The fraction of sp³-hybridized carbons (Fsp3) is 1.00. The van der Waals surface area contributed by atoms with E-state index in [0.717, 1.165) is 13.1 Å². The first-order chi connectivity index (χ1) is 6.97. The highest BCUT2D eigenvalue weighted by molar-refractivity contribution is 7.86. The van der Waals surface area contributed by atoms with Gasteiger partial charge in [0.05, 0.1) is 0 Å². The first kappa shape index (κ1) is 15.6. The van der Waals surface area contributed by atoms with Crippen molar-refractivity contribution in [1.82, 2.24) is 9.80 Å². The van der Waals surface area contributed by atoms with Crippen molar-refractivity contribution in [2.75, 3.05) is 27.2 Å². The summed E-state index contributed by atoms with van der Waals surface area (Å²) in [6.07, 6.45) is -0.852. The van der Waals surface area contributed by atoms with E-state index < -0.39 is 22.0 Å². The maximum Gasteiger partial charge on any atom is 0.522 e. The fourth-order valence-electron chi connectivity index (χ4n) is 0.865. The van der Waals surface area contributed by atoms with E-state index >= 15 is 0 Å². The minimum Gasteiger partial charge on any atom is -0.279 e. The van der Waals surface area contributed by atoms with Crippen LogP contribution in [0.15, 0.2) is 0 Å². The van der Waals surface area contributed by atoms with E-state index in [0.29, 0.717) is 0 Å². The molecule has 0 amide bonds. The minimum absolute atomic E-state index is 0.845. The molecule has 0 unspecified atom stereocenters. The van der Waals surface area contributed by atoms with Crippen LogP contribution in [0.2, 0.25) is 0 Å². The number of nitrogens with zero attached hydrogens (tertiary/aromatic N) is 2. The Kier molecular flexibility index (Phi) is 5.11. The molecule has 1 saturated heterocycles. The van der Waals surface area contributed by atoms with Gasteiger partial charge in [-0.15, -0.1) is 0 Å². The molecule has 0 saturated carbocycles. The Labute approximate surface area is 90.4 Å². The Morgan fingerprint density at radius 3 is 1.50 bits per heavy atom. The summed E-state index contributed by atoms with van der Waals surface area (Å²) in [6, 6.07) is 0. The van der Waals surface area contributed by atoms with Gasteiger partial charge in [0.1, 0.15) is 0 Å². The van der Waals surface area contributed by atoms with Crippen LogP contribution >= 0.6 is 0 Å². The van der Waals surface area contributed by atoms with Crippen LogP contribution in [0, 0.1) is 0 Å². The number of rotatable bonds is 0. The van der Waals surface area contributed by atoms with Crippen molar-refractivity contribution in [2.45, 2.75) is 11.9 Å². The third-order valence-corrected chi connectivity index (χ3v) is 2.41. The molecule has 0 bridgehead atoms. The van der Waals surface area contributed by atoms with Crippen molar-refractivity contribution < 1.29 is 30.5 Å². The monoisotopic (exact) mass is 268 g/mol. The van der Waals surface area contributed by atoms with Crippen molar-refractivity contribution >= 4 is 10.1 Å². The molecule has 1 heterocycles. The second-order valence-electron chi connectivity index (χ2n) is 3.19. The zero-order chi connectivity index (χ0) is 13.1. The second-order valence-corrected chi connectivity index (χ2v) is 4.61. The van der Waals surface area contributed by atoms with E-state index in [2.05, 4.69) is 0 Å². The Morgan fingerprint density at radius 1 is 1.19 bits per heavy atom. The highest BCUT2D eigenvalue weighted by Gasteiger charge is 2.44. The van der Waals surface area contributed by atoms with E-state index in [1.807, 2.05) is 0 Å². The summed E-state index contributed by atoms with van der Waals surface area (Å²) in [7, 11) is -2.27. The first-order valence-electron chi connectivity index (χ1n) is 4.05. The zero-order valence-corrected chi connectivity index (χ0v) is 9.39. The molecule has 1 N–H and O–H groups in total. The molecular formula is C6H12F4N2O3S. The predicted octanol–water partition coefficient (Wildman–Crippen LogP) is 0.511. The quantitative estimate of drug-likeness (QED) is 0.300. The summed E-state index contributed by atoms with van der Waals surface area (Å²) in [6.45, 7) is 1.69. The molecule has 0 aromatic rings. The number of alkyl halides is 4. The molecule has 10 heteroatoms. The predicted molar refractivity (Wildman–Crippen MR) is 47.8 cm³/mol. The van der Waals surface area contributed by atoms with E-state index in [1.165, 1.54) is 0 Å². The highest BCUT2D eigenvalue weighted by atomic mass is 32.2. The summed E-state index contributed by atoms with van der Waals surface area (Å²) in [4.78, 5) is 3.36. The van der Waals surface area contributed by atoms with Crippen LogP contribution < -0.4 is 0 Å². The van der Waals surface area contributed by atoms with Crippen molar-refractivity contribution in [2.24, 2.45) is 0 Å². The van der Waals surface area contributed by atoms with Crippen molar-refractivity contribution in [3.8, 4) is 0 Å². The van der Waals surface area contributed by atoms with Crippen molar-refractivity contribution in [1.29, 1.82) is 0 Å². The summed E-state index contributed by atoms with van der Waals surface area (Å²) in [5, 5.41) is 0. The second kappa shape index (κ2) is 5.25. The molecule has 0 aliphatic carbocycles. The molecule has 0 aromatic carbocycles. The summed E-state index contributed by atoms with van der Waals surface area (Å²) in [5.74, 6) is 0. The lowest BCUT2D eigenvalue weighted by atomic mass is 10.6. The Hall–Kier alpha value is -0.450. The summed E-state index contributed by atoms with van der Waals surface area (Å²) in [5.41, 5.74) is -5.53. The van der Waals surface area contributed by atoms with E-state index in [9.17, 15) is 17.6 Å². The standard InChI is InChI=1S/C5H11FN2.CHF3O3S/c1-7-3-4-8(2)5(7)6;2-1(3,4)8(5,6)7/h5H,3-4H2,1-2H3;(H,5,6,7). The van der Waals surface area contributed by atoms with Gasteiger partial charge >= 0.3 is 15.6 Å². The van der Waals surface area contributed by atoms with Crippen molar-refractivity contribution in [3.63, 3.8) is 0 Å². The van der Waals surface area contributed by atoms with Gasteiger partial charge in [-0.05, 0) is 14.1 Å². The van der Waals surface area contributed by atoms with Gasteiger partial charge in [0.2, 0.25) is 6.42 Å². The number of halogens is 4. The Balaban J connectivity index is 0.000000281. The molecule has 5 nitrogen and oxygen atoms in total. The average molecular weight is 268 g/mol. The lowest BCUT2D eigenvalue weighted by Gasteiger charge is -2.14. The molecule has 1 aliphatic rings. The number of hydrogen-bond acceptors (Lipinski definition) is 4. The highest BCUT2D eigenvalue weighted by Crippen LogP contribution is 2.20. The molecule has 0 atom stereocenters. The van der Waals surface area contributed by atoms with E-state index in [1.54, 1.807) is 23.9 Å². The minimum atomic E-state index is -5.84. The van der Waals surface area contributed by atoms with Gasteiger partial charge in [-0.1, -0.05) is 0 Å². The Bertz CT molecular complexity index is 308. The first-order valence-corrected chi connectivity index (χ1v) is 5.49. The van der Waals surface area contributed by atoms with E-state index in [4.69, 9.17) is 13.0 Å². The zero-order valence-electron chi connectivity index (χ0n) is 8.57. The van der Waals surface area contributed by atoms with Crippen LogP contribution in [-0.2, 0) is 10.1 Å². The molecule has 1 fully saturated rings. The molecular weight excluding hydrogens is 256 g/mol. The average Bonchev–Trinajstić information content (AvgIpc) is 2.34. The van der Waals surface area contributed by atoms with Gasteiger partial charge in [0.15, 0.2) is 0 Å². The largest absolute Gasteiger partial charge is 0.522 e. The van der Waals surface area contributed by atoms with Crippen molar-refractivity contribution in [3.05, 3.63) is 0 Å². The van der Waals surface area contributed by atoms with Crippen LogP contribution in [0.3, 0.4) is 0 Å². The molecule has 1 aliphatic heterocycles. The number of likely N-dealkylation sites (N-methyl/N-ethyl adjacent to an activating group) is 2. The third kappa shape index (κ3) is 4.60. The lowest BCUT2D eigenvalue weighted by molar-refractivity contribution is -0.0510. The molecule has 0 radical (unpaired) electrons. The van der Waals surface area contributed by atoms with Crippen LogP contribution in [0.4, 0.5) is 17.6 Å². The lowest BCUT2D eigenvalue weighted by Crippen LogP contribution is -2.29. The number of hydrogen-bond donors (Lipinski definition) is 1. The van der Waals surface area contributed by atoms with Gasteiger partial charge in [-0.3, -0.25) is 14.4 Å². The van der Waals surface area contributed by atoms with Gasteiger partial charge in [-0.2, -0.15) is 21.6 Å². The Morgan fingerprint density at radius 2 is 1.44 bits per heavy atom. The third-order valence-electron chi connectivity index (χ3n) is 1.83. The van der Waals surface area contributed by atoms with Gasteiger partial charge in [0, 0.05) is 13.1 Å². The maximum absolute atomic E-state index is 12.6. The normalized spacial score (nSPS) is 20.7. The molecule has 16 heavy (non-hydrogen) atoms. The van der Waals surface area contributed by atoms with Gasteiger partial charge in [-0.25, -0.2) is 4.39 Å². The SMILES string of the molecule is CN1CCN(C)C1F.O=S(=O)(O)C(F)(F)F. The molecule has 1 rings (SSSR count). The molecule has 0 spiro atoms. The summed E-state index contributed by atoms with van der Waals surface area (Å²) >= 11 is 0. The smallest absolute Gasteiger partial charge is 0.279 e. The van der Waals surface area contributed by atoms with Gasteiger partial charge in [0.25, 0.3) is 0 Å². The topological polar surface area (TPSA) is 60.9 Å². The van der Waals surface area contributed by atoms with Crippen LogP contribution in [0.5, 0.6) is 0 Å². The van der Waals surface area contributed by atoms with E-state index in [-0.39, 0.29) is 0 Å². The van der Waals surface area contributed by atoms with Crippen LogP contribution in [-0.4, -0.2) is 61.9 Å². The molecule has 0 aromatic heterocycles. The molecule has 98 valence electrons. The van der Waals surface area contributed by atoms with Crippen LogP contribution in [0.25, 0.3) is 0 Å². The van der Waals surface area contributed by atoms with Gasteiger partial charge < -0.3 is 0 Å². The maximum atomic E-state index is 12.6. The fourth-order valence-corrected chi connectivity index (χ4v) is 0.865.